The topological polar surface area (TPSA) is 66.0 Å². The van der Waals surface area contributed by atoms with Gasteiger partial charge >= 0.3 is 0 Å². The van der Waals surface area contributed by atoms with E-state index >= 15 is 0 Å². The maximum atomic E-state index is 11.7. The van der Waals surface area contributed by atoms with Crippen LogP contribution in [0.25, 0.3) is 0 Å². The third-order valence-corrected chi connectivity index (χ3v) is 4.94. The summed E-state index contributed by atoms with van der Waals surface area (Å²) in [6.07, 6.45) is 1.39. The first kappa shape index (κ1) is 20.7. The monoisotopic (exact) mass is 394 g/mol. The smallest absolute Gasteiger partial charge is 0.222 e. The molecule has 1 saturated heterocycles. The van der Waals surface area contributed by atoms with Gasteiger partial charge in [0.25, 0.3) is 0 Å². The highest BCUT2D eigenvalue weighted by atomic mass is 16.5. The Morgan fingerprint density at radius 3 is 2.69 bits per heavy atom. The SMILES string of the molecule is CCNC(=NCc1ccccc1Oc1ccc(C)cc1)NC1CCC(=O)N(C)C1. The molecule has 2 aromatic carbocycles. The summed E-state index contributed by atoms with van der Waals surface area (Å²) in [7, 11) is 1.85. The Labute approximate surface area is 173 Å². The molecule has 154 valence electrons. The number of carbonyl (C=O) groups excluding carboxylic acids is 1. The zero-order chi connectivity index (χ0) is 20.6. The van der Waals surface area contributed by atoms with Crippen LogP contribution in [0.1, 0.15) is 30.9 Å². The van der Waals surface area contributed by atoms with Crippen molar-refractivity contribution in [2.24, 2.45) is 4.99 Å². The Hall–Kier alpha value is -3.02. The molecular weight excluding hydrogens is 364 g/mol. The van der Waals surface area contributed by atoms with Crippen LogP contribution in [0.5, 0.6) is 11.5 Å². The van der Waals surface area contributed by atoms with Crippen LogP contribution in [0.3, 0.4) is 0 Å². The number of likely N-dealkylation sites (N-methyl/N-ethyl adjacent to an activating group) is 1. The highest BCUT2D eigenvalue weighted by molar-refractivity contribution is 5.81. The van der Waals surface area contributed by atoms with E-state index in [1.54, 1.807) is 4.90 Å². The summed E-state index contributed by atoms with van der Waals surface area (Å²) in [5, 5.41) is 6.75. The summed E-state index contributed by atoms with van der Waals surface area (Å²) in [5.41, 5.74) is 2.22. The number of guanidine groups is 1. The van der Waals surface area contributed by atoms with Gasteiger partial charge in [0.15, 0.2) is 5.96 Å². The first-order valence-electron chi connectivity index (χ1n) is 10.2. The number of carbonyl (C=O) groups is 1. The molecule has 6 nitrogen and oxygen atoms in total. The molecule has 1 aliphatic rings. The molecule has 1 aliphatic heterocycles. The number of piperidine rings is 1. The number of nitrogens with zero attached hydrogens (tertiary/aromatic N) is 2. The molecule has 0 radical (unpaired) electrons. The molecule has 0 spiro atoms. The number of hydrogen-bond donors (Lipinski definition) is 2. The molecule has 0 bridgehead atoms. The van der Waals surface area contributed by atoms with Crippen molar-refractivity contribution < 1.29 is 9.53 Å². The van der Waals surface area contributed by atoms with Crippen LogP contribution in [0, 0.1) is 6.92 Å². The Balaban J connectivity index is 1.69. The van der Waals surface area contributed by atoms with E-state index in [4.69, 9.17) is 9.73 Å². The van der Waals surface area contributed by atoms with Gasteiger partial charge < -0.3 is 20.3 Å². The molecule has 3 rings (SSSR count). The second-order valence-corrected chi connectivity index (χ2v) is 7.37. The van der Waals surface area contributed by atoms with Gasteiger partial charge in [-0.3, -0.25) is 4.79 Å². The van der Waals surface area contributed by atoms with Crippen LogP contribution in [0.15, 0.2) is 53.5 Å². The van der Waals surface area contributed by atoms with Crippen LogP contribution in [-0.4, -0.2) is 42.9 Å². The molecule has 2 aromatic rings. The average Bonchev–Trinajstić information content (AvgIpc) is 2.72. The number of hydrogen-bond acceptors (Lipinski definition) is 3. The third-order valence-electron chi connectivity index (χ3n) is 4.94. The largest absolute Gasteiger partial charge is 0.457 e. The molecular formula is C23H30N4O2. The van der Waals surface area contributed by atoms with E-state index in [1.807, 2.05) is 62.5 Å². The standard InChI is InChI=1S/C23H30N4O2/c1-4-24-23(26-19-11-14-22(28)27(3)16-19)25-15-18-7-5-6-8-21(18)29-20-12-9-17(2)10-13-20/h5-10,12-13,19H,4,11,14-16H2,1-3H3,(H2,24,25,26). The Morgan fingerprint density at radius 1 is 1.21 bits per heavy atom. The molecule has 2 N–H and O–H groups in total. The summed E-state index contributed by atoms with van der Waals surface area (Å²) in [6, 6.07) is 16.2. The quantitative estimate of drug-likeness (QED) is 0.582. The first-order chi connectivity index (χ1) is 14.0. The number of rotatable bonds is 6. The number of likely N-dealkylation sites (tertiary alicyclic amines) is 1. The van der Waals surface area contributed by atoms with Crippen LogP contribution >= 0.6 is 0 Å². The van der Waals surface area contributed by atoms with Gasteiger partial charge in [0.2, 0.25) is 5.91 Å². The van der Waals surface area contributed by atoms with Gasteiger partial charge in [0.05, 0.1) is 6.54 Å². The van der Waals surface area contributed by atoms with Crippen LogP contribution in [0.2, 0.25) is 0 Å². The van der Waals surface area contributed by atoms with E-state index in [1.165, 1.54) is 5.56 Å². The van der Waals surface area contributed by atoms with Gasteiger partial charge in [0, 0.05) is 38.2 Å². The van der Waals surface area contributed by atoms with E-state index in [9.17, 15) is 4.79 Å². The molecule has 1 heterocycles. The van der Waals surface area contributed by atoms with Crippen LogP contribution in [-0.2, 0) is 11.3 Å². The van der Waals surface area contributed by atoms with Gasteiger partial charge in [-0.2, -0.15) is 0 Å². The predicted octanol–water partition coefficient (Wildman–Crippen LogP) is 3.46. The highest BCUT2D eigenvalue weighted by Gasteiger charge is 2.23. The molecule has 0 saturated carbocycles. The van der Waals surface area contributed by atoms with Gasteiger partial charge in [0.1, 0.15) is 11.5 Å². The lowest BCUT2D eigenvalue weighted by Gasteiger charge is -2.31. The molecule has 1 fully saturated rings. The minimum Gasteiger partial charge on any atom is -0.457 e. The van der Waals surface area contributed by atoms with Crippen molar-refractivity contribution in [2.75, 3.05) is 20.1 Å². The van der Waals surface area contributed by atoms with Crippen molar-refractivity contribution in [1.82, 2.24) is 15.5 Å². The minimum absolute atomic E-state index is 0.201. The van der Waals surface area contributed by atoms with Gasteiger partial charge in [-0.15, -0.1) is 0 Å². The lowest BCUT2D eigenvalue weighted by atomic mass is 10.1. The number of ether oxygens (including phenoxy) is 1. The molecule has 0 aromatic heterocycles. The van der Waals surface area contributed by atoms with Gasteiger partial charge in [-0.25, -0.2) is 4.99 Å². The molecule has 0 aliphatic carbocycles. The predicted molar refractivity (Wildman–Crippen MR) is 116 cm³/mol. The zero-order valence-electron chi connectivity index (χ0n) is 17.4. The van der Waals surface area contributed by atoms with E-state index < -0.39 is 0 Å². The van der Waals surface area contributed by atoms with Crippen molar-refractivity contribution in [3.63, 3.8) is 0 Å². The Bertz CT molecular complexity index is 848. The summed E-state index contributed by atoms with van der Waals surface area (Å²) in [6.45, 7) is 6.06. The number of aliphatic imine (C=N–C) groups is 1. The normalized spacial score (nSPS) is 17.2. The van der Waals surface area contributed by atoms with Gasteiger partial charge in [-0.05, 0) is 38.5 Å². The molecule has 1 amide bonds. The fraction of sp³-hybridized carbons (Fsp3) is 0.391. The number of benzene rings is 2. The lowest BCUT2D eigenvalue weighted by Crippen LogP contribution is -2.51. The van der Waals surface area contributed by atoms with E-state index in [2.05, 4.69) is 17.6 Å². The van der Waals surface area contributed by atoms with Crippen molar-refractivity contribution in [3.8, 4) is 11.5 Å². The summed E-state index contributed by atoms with van der Waals surface area (Å²) >= 11 is 0. The van der Waals surface area contributed by atoms with E-state index in [0.717, 1.165) is 36.0 Å². The highest BCUT2D eigenvalue weighted by Crippen LogP contribution is 2.26. The molecule has 1 atom stereocenters. The minimum atomic E-state index is 0.201. The van der Waals surface area contributed by atoms with Crippen molar-refractivity contribution in [3.05, 3.63) is 59.7 Å². The number of amides is 1. The molecule has 29 heavy (non-hydrogen) atoms. The van der Waals surface area contributed by atoms with E-state index in [0.29, 0.717) is 19.5 Å². The fourth-order valence-electron chi connectivity index (χ4n) is 3.27. The maximum Gasteiger partial charge on any atom is 0.222 e. The fourth-order valence-corrected chi connectivity index (χ4v) is 3.27. The Morgan fingerprint density at radius 2 is 1.97 bits per heavy atom. The van der Waals surface area contributed by atoms with Crippen LogP contribution in [0.4, 0.5) is 0 Å². The molecule has 6 heteroatoms. The summed E-state index contributed by atoms with van der Waals surface area (Å²) < 4.78 is 6.08. The van der Waals surface area contributed by atoms with E-state index in [-0.39, 0.29) is 11.9 Å². The second-order valence-electron chi connectivity index (χ2n) is 7.37. The van der Waals surface area contributed by atoms with Crippen molar-refractivity contribution >= 4 is 11.9 Å². The second kappa shape index (κ2) is 9.96. The maximum absolute atomic E-state index is 11.7. The van der Waals surface area contributed by atoms with Gasteiger partial charge in [-0.1, -0.05) is 35.9 Å². The van der Waals surface area contributed by atoms with Crippen molar-refractivity contribution in [1.29, 1.82) is 0 Å². The Kier molecular flexibility index (Phi) is 7.11. The number of nitrogens with one attached hydrogen (secondary N) is 2. The number of aryl methyl sites for hydroxylation is 1. The summed E-state index contributed by atoms with van der Waals surface area (Å²) in [5.74, 6) is 2.57. The lowest BCUT2D eigenvalue weighted by molar-refractivity contribution is -0.132. The van der Waals surface area contributed by atoms with Crippen LogP contribution < -0.4 is 15.4 Å². The molecule has 1 unspecified atom stereocenters. The first-order valence-corrected chi connectivity index (χ1v) is 10.2. The number of para-hydroxylation sites is 1. The summed E-state index contributed by atoms with van der Waals surface area (Å²) in [4.78, 5) is 18.2. The third kappa shape index (κ3) is 5.98. The zero-order valence-corrected chi connectivity index (χ0v) is 17.4. The van der Waals surface area contributed by atoms with Crippen molar-refractivity contribution in [2.45, 2.75) is 39.3 Å². The average molecular weight is 395 g/mol.